The van der Waals surface area contributed by atoms with Gasteiger partial charge in [-0.2, -0.15) is 5.10 Å². The van der Waals surface area contributed by atoms with E-state index in [9.17, 15) is 4.79 Å². The number of ether oxygens (including phenoxy) is 1. The summed E-state index contributed by atoms with van der Waals surface area (Å²) >= 11 is 0. The molecular formula is C20H23N5O2. The van der Waals surface area contributed by atoms with Crippen molar-refractivity contribution in [3.05, 3.63) is 47.7 Å². The average molecular weight is 365 g/mol. The van der Waals surface area contributed by atoms with Crippen molar-refractivity contribution >= 4 is 22.6 Å². The molecule has 1 atom stereocenters. The first-order valence-electron chi connectivity index (χ1n) is 9.43. The summed E-state index contributed by atoms with van der Waals surface area (Å²) in [4.78, 5) is 21.5. The van der Waals surface area contributed by atoms with E-state index in [4.69, 9.17) is 4.74 Å². The number of fused-ring (bicyclic) bond motifs is 2. The van der Waals surface area contributed by atoms with Crippen molar-refractivity contribution in [2.45, 2.75) is 45.7 Å². The number of aromatic nitrogens is 4. The van der Waals surface area contributed by atoms with Crippen LogP contribution in [0.1, 0.15) is 42.3 Å². The SMILES string of the molecule is CCOC(=O)c1cnc2ccccc2c1NC1CCc2nc(CC)nn2C1. The number of esters is 1. The number of hydrogen-bond acceptors (Lipinski definition) is 6. The number of nitrogens with zero attached hydrogens (tertiary/aromatic N) is 4. The van der Waals surface area contributed by atoms with E-state index < -0.39 is 0 Å². The minimum Gasteiger partial charge on any atom is -0.462 e. The van der Waals surface area contributed by atoms with Crippen molar-refractivity contribution < 1.29 is 9.53 Å². The fraction of sp³-hybridized carbons (Fsp3) is 0.400. The molecule has 3 heterocycles. The molecule has 1 aliphatic rings. The fourth-order valence-electron chi connectivity index (χ4n) is 3.49. The zero-order valence-corrected chi connectivity index (χ0v) is 15.6. The van der Waals surface area contributed by atoms with Crippen LogP contribution in [0.3, 0.4) is 0 Å². The first-order chi connectivity index (χ1) is 13.2. The molecule has 1 N–H and O–H groups in total. The molecule has 1 aromatic carbocycles. The van der Waals surface area contributed by atoms with Crippen LogP contribution >= 0.6 is 0 Å². The molecule has 4 rings (SSSR count). The predicted octanol–water partition coefficient (Wildman–Crippen LogP) is 2.99. The van der Waals surface area contributed by atoms with Gasteiger partial charge in [-0.1, -0.05) is 25.1 Å². The molecule has 7 heteroatoms. The van der Waals surface area contributed by atoms with Crippen LogP contribution in [0, 0.1) is 0 Å². The normalized spacial score (nSPS) is 16.1. The highest BCUT2D eigenvalue weighted by molar-refractivity contribution is 6.04. The van der Waals surface area contributed by atoms with Gasteiger partial charge in [-0.05, 0) is 19.4 Å². The highest BCUT2D eigenvalue weighted by atomic mass is 16.5. The van der Waals surface area contributed by atoms with Crippen LogP contribution in [0.2, 0.25) is 0 Å². The second kappa shape index (κ2) is 7.34. The van der Waals surface area contributed by atoms with Gasteiger partial charge >= 0.3 is 5.97 Å². The molecule has 0 spiro atoms. The van der Waals surface area contributed by atoms with Gasteiger partial charge in [0, 0.05) is 30.5 Å². The van der Waals surface area contributed by atoms with E-state index in [1.165, 1.54) is 0 Å². The number of nitrogens with one attached hydrogen (secondary N) is 1. The summed E-state index contributed by atoms with van der Waals surface area (Å²) in [6.45, 7) is 4.92. The predicted molar refractivity (Wildman–Crippen MR) is 103 cm³/mol. The van der Waals surface area contributed by atoms with Gasteiger partial charge in [-0.25, -0.2) is 14.5 Å². The topological polar surface area (TPSA) is 81.9 Å². The zero-order chi connectivity index (χ0) is 18.8. The molecule has 27 heavy (non-hydrogen) atoms. The maximum absolute atomic E-state index is 12.5. The third-order valence-electron chi connectivity index (χ3n) is 4.84. The quantitative estimate of drug-likeness (QED) is 0.700. The number of rotatable bonds is 5. The highest BCUT2D eigenvalue weighted by Gasteiger charge is 2.24. The Labute approximate surface area is 157 Å². The van der Waals surface area contributed by atoms with Crippen LogP contribution < -0.4 is 5.32 Å². The molecule has 0 fully saturated rings. The number of aryl methyl sites for hydroxylation is 2. The summed E-state index contributed by atoms with van der Waals surface area (Å²) in [6.07, 6.45) is 4.23. The van der Waals surface area contributed by atoms with E-state index in [1.807, 2.05) is 28.9 Å². The number of anilines is 1. The lowest BCUT2D eigenvalue weighted by Crippen LogP contribution is -2.32. The van der Waals surface area contributed by atoms with Gasteiger partial charge in [0.1, 0.15) is 11.4 Å². The van der Waals surface area contributed by atoms with Crippen LogP contribution in [0.4, 0.5) is 5.69 Å². The molecule has 0 radical (unpaired) electrons. The van der Waals surface area contributed by atoms with Gasteiger partial charge in [-0.15, -0.1) is 0 Å². The summed E-state index contributed by atoms with van der Waals surface area (Å²) < 4.78 is 7.21. The molecule has 0 bridgehead atoms. The minimum absolute atomic E-state index is 0.155. The molecule has 7 nitrogen and oxygen atoms in total. The fourth-order valence-corrected chi connectivity index (χ4v) is 3.49. The summed E-state index contributed by atoms with van der Waals surface area (Å²) in [5.41, 5.74) is 2.09. The summed E-state index contributed by atoms with van der Waals surface area (Å²) in [6, 6.07) is 7.97. The Bertz CT molecular complexity index is 982. The molecule has 140 valence electrons. The van der Waals surface area contributed by atoms with Crippen molar-refractivity contribution in [1.82, 2.24) is 19.7 Å². The van der Waals surface area contributed by atoms with E-state index in [1.54, 1.807) is 13.1 Å². The maximum Gasteiger partial charge on any atom is 0.341 e. The average Bonchev–Trinajstić information content (AvgIpc) is 3.11. The van der Waals surface area contributed by atoms with Crippen LogP contribution in [0.5, 0.6) is 0 Å². The molecule has 3 aromatic rings. The van der Waals surface area contributed by atoms with Crippen molar-refractivity contribution in [3.63, 3.8) is 0 Å². The molecule has 1 unspecified atom stereocenters. The summed E-state index contributed by atoms with van der Waals surface area (Å²) in [7, 11) is 0. The minimum atomic E-state index is -0.358. The largest absolute Gasteiger partial charge is 0.462 e. The van der Waals surface area contributed by atoms with E-state index in [0.717, 1.165) is 54.0 Å². The molecule has 2 aromatic heterocycles. The zero-order valence-electron chi connectivity index (χ0n) is 15.6. The third kappa shape index (κ3) is 3.37. The Balaban J connectivity index is 1.68. The van der Waals surface area contributed by atoms with Gasteiger partial charge in [0.2, 0.25) is 0 Å². The molecule has 1 aliphatic heterocycles. The number of para-hydroxylation sites is 1. The first kappa shape index (κ1) is 17.5. The van der Waals surface area contributed by atoms with Crippen molar-refractivity contribution in [1.29, 1.82) is 0 Å². The van der Waals surface area contributed by atoms with Crippen molar-refractivity contribution in [3.8, 4) is 0 Å². The number of benzene rings is 1. The van der Waals surface area contributed by atoms with Crippen LogP contribution in [0.25, 0.3) is 10.9 Å². The Morgan fingerprint density at radius 2 is 2.19 bits per heavy atom. The van der Waals surface area contributed by atoms with Crippen LogP contribution in [0.15, 0.2) is 30.5 Å². The van der Waals surface area contributed by atoms with Gasteiger partial charge in [0.15, 0.2) is 5.82 Å². The maximum atomic E-state index is 12.5. The number of hydrogen-bond donors (Lipinski definition) is 1. The molecule has 0 saturated heterocycles. The smallest absolute Gasteiger partial charge is 0.341 e. The summed E-state index contributed by atoms with van der Waals surface area (Å²) in [5, 5.41) is 9.06. The Morgan fingerprint density at radius 1 is 1.33 bits per heavy atom. The van der Waals surface area contributed by atoms with Crippen molar-refractivity contribution in [2.24, 2.45) is 0 Å². The molecule has 0 amide bonds. The number of carbonyl (C=O) groups excluding carboxylic acids is 1. The lowest BCUT2D eigenvalue weighted by molar-refractivity contribution is 0.0527. The summed E-state index contributed by atoms with van der Waals surface area (Å²) in [5.74, 6) is 1.56. The molecule has 0 saturated carbocycles. The van der Waals surface area contributed by atoms with Gasteiger partial charge in [0.25, 0.3) is 0 Å². The third-order valence-corrected chi connectivity index (χ3v) is 4.84. The Morgan fingerprint density at radius 3 is 3.00 bits per heavy atom. The van der Waals surface area contributed by atoms with Crippen LogP contribution in [-0.2, 0) is 24.1 Å². The van der Waals surface area contributed by atoms with Gasteiger partial charge in [0.05, 0.1) is 24.4 Å². The Hall–Kier alpha value is -2.96. The Kier molecular flexibility index (Phi) is 4.75. The van der Waals surface area contributed by atoms with E-state index >= 15 is 0 Å². The standard InChI is InChI=1S/C20H23N5O2/c1-3-17-23-18-10-9-13(12-25(18)24-17)22-19-14-7-5-6-8-16(14)21-11-15(19)20(26)27-4-2/h5-8,11,13H,3-4,9-10,12H2,1-2H3,(H,21,22). The van der Waals surface area contributed by atoms with Gasteiger partial charge < -0.3 is 10.1 Å². The highest BCUT2D eigenvalue weighted by Crippen LogP contribution is 2.29. The lowest BCUT2D eigenvalue weighted by atomic mass is 10.0. The van der Waals surface area contributed by atoms with Gasteiger partial charge in [-0.3, -0.25) is 4.98 Å². The number of carbonyl (C=O) groups is 1. The second-order valence-corrected chi connectivity index (χ2v) is 6.64. The van der Waals surface area contributed by atoms with E-state index in [-0.39, 0.29) is 12.0 Å². The molecular weight excluding hydrogens is 342 g/mol. The van der Waals surface area contributed by atoms with Crippen molar-refractivity contribution in [2.75, 3.05) is 11.9 Å². The van der Waals surface area contributed by atoms with E-state index in [2.05, 4.69) is 27.3 Å². The number of pyridine rings is 1. The van der Waals surface area contributed by atoms with E-state index in [0.29, 0.717) is 12.2 Å². The first-order valence-corrected chi connectivity index (χ1v) is 9.43. The van der Waals surface area contributed by atoms with Crippen LogP contribution in [-0.4, -0.2) is 38.4 Å². The molecule has 0 aliphatic carbocycles. The second-order valence-electron chi connectivity index (χ2n) is 6.64. The lowest BCUT2D eigenvalue weighted by Gasteiger charge is -2.26. The monoisotopic (exact) mass is 365 g/mol.